The maximum absolute atomic E-state index is 12.0. The van der Waals surface area contributed by atoms with Gasteiger partial charge in [-0.1, -0.05) is 6.07 Å². The summed E-state index contributed by atoms with van der Waals surface area (Å²) in [5, 5.41) is 21.6. The van der Waals surface area contributed by atoms with E-state index in [4.69, 9.17) is 14.2 Å². The number of ether oxygens (including phenoxy) is 3. The molecular formula is C20H20N2O4. The number of rotatable bonds is 0. The molecule has 0 aromatic heterocycles. The van der Waals surface area contributed by atoms with E-state index in [-0.39, 0.29) is 6.04 Å². The van der Waals surface area contributed by atoms with Crippen LogP contribution in [-0.4, -0.2) is 60.3 Å². The fourth-order valence-corrected chi connectivity index (χ4v) is 6.08. The lowest BCUT2D eigenvalue weighted by Crippen LogP contribution is -2.77. The first-order valence-corrected chi connectivity index (χ1v) is 9.20. The zero-order chi connectivity index (χ0) is 17.7. The second-order valence-corrected chi connectivity index (χ2v) is 8.08. The van der Waals surface area contributed by atoms with Crippen LogP contribution >= 0.6 is 0 Å². The molecule has 2 fully saturated rings. The smallest absolute Gasteiger partial charge is 0.227 e. The SMILES string of the molecule is CN1CCC23c4c5ccc(C#N)c4OC2C2(C=CC3(O)C1C5)OCCO2. The first kappa shape index (κ1) is 15.2. The van der Waals surface area contributed by atoms with Crippen LogP contribution in [0.4, 0.5) is 0 Å². The van der Waals surface area contributed by atoms with Gasteiger partial charge in [-0.05, 0) is 50.2 Å². The molecule has 1 N–H and O–H groups in total. The number of hydrogen-bond acceptors (Lipinski definition) is 6. The summed E-state index contributed by atoms with van der Waals surface area (Å²) in [5.41, 5.74) is 0.944. The van der Waals surface area contributed by atoms with Crippen LogP contribution in [0.5, 0.6) is 5.75 Å². The normalized spacial score (nSPS) is 41.0. The van der Waals surface area contributed by atoms with Gasteiger partial charge in [-0.25, -0.2) is 0 Å². The molecule has 6 heteroatoms. The Labute approximate surface area is 151 Å². The molecule has 2 bridgehead atoms. The van der Waals surface area contributed by atoms with Crippen LogP contribution in [0.15, 0.2) is 24.3 Å². The van der Waals surface area contributed by atoms with E-state index in [1.54, 1.807) is 0 Å². The van der Waals surface area contributed by atoms with E-state index in [2.05, 4.69) is 18.0 Å². The minimum Gasteiger partial charge on any atom is -0.482 e. The van der Waals surface area contributed by atoms with Crippen LogP contribution in [0.2, 0.25) is 0 Å². The van der Waals surface area contributed by atoms with Crippen molar-refractivity contribution in [2.45, 2.75) is 41.8 Å². The average molecular weight is 352 g/mol. The number of hydrogen-bond donors (Lipinski definition) is 1. The van der Waals surface area contributed by atoms with Gasteiger partial charge in [0.25, 0.3) is 0 Å². The molecule has 0 amide bonds. The summed E-state index contributed by atoms with van der Waals surface area (Å²) in [5.74, 6) is -0.383. The van der Waals surface area contributed by atoms with Crippen molar-refractivity contribution in [1.29, 1.82) is 5.26 Å². The minimum atomic E-state index is -1.07. The van der Waals surface area contributed by atoms with Gasteiger partial charge in [0.05, 0.1) is 24.2 Å². The number of likely N-dealkylation sites (N-methyl/N-ethyl adjacent to an activating group) is 1. The molecule has 2 aliphatic carbocycles. The van der Waals surface area contributed by atoms with E-state index in [1.807, 2.05) is 24.3 Å². The standard InChI is InChI=1S/C20H20N2O4/c1-22-7-6-18-15-12-2-3-13(11-21)16(15)26-17(18)20(24-8-9-25-20)5-4-19(18,23)14(22)10-12/h2-5,14,17,23H,6-10H2,1H3. The quantitative estimate of drug-likeness (QED) is 0.698. The van der Waals surface area contributed by atoms with E-state index in [0.717, 1.165) is 30.5 Å². The Bertz CT molecular complexity index is 900. The second-order valence-electron chi connectivity index (χ2n) is 8.08. The molecule has 2 spiro atoms. The van der Waals surface area contributed by atoms with Crippen molar-refractivity contribution in [2.24, 2.45) is 0 Å². The highest BCUT2D eigenvalue weighted by atomic mass is 16.8. The van der Waals surface area contributed by atoms with E-state index in [9.17, 15) is 10.4 Å². The fraction of sp³-hybridized carbons (Fsp3) is 0.550. The van der Waals surface area contributed by atoms with Crippen LogP contribution in [0.3, 0.4) is 0 Å². The maximum Gasteiger partial charge on any atom is 0.227 e. The molecule has 26 heavy (non-hydrogen) atoms. The molecule has 0 saturated carbocycles. The van der Waals surface area contributed by atoms with Gasteiger partial charge in [-0.3, -0.25) is 4.90 Å². The van der Waals surface area contributed by atoms with Gasteiger partial charge in [-0.15, -0.1) is 0 Å². The molecule has 3 heterocycles. The van der Waals surface area contributed by atoms with Gasteiger partial charge in [0.1, 0.15) is 17.4 Å². The van der Waals surface area contributed by atoms with Crippen molar-refractivity contribution in [3.05, 3.63) is 41.0 Å². The third-order valence-corrected chi connectivity index (χ3v) is 7.19. The van der Waals surface area contributed by atoms with Gasteiger partial charge in [0.15, 0.2) is 6.10 Å². The van der Waals surface area contributed by atoms with Crippen molar-refractivity contribution < 1.29 is 19.3 Å². The molecule has 4 unspecified atom stereocenters. The maximum atomic E-state index is 12.0. The Morgan fingerprint density at radius 2 is 2.08 bits per heavy atom. The van der Waals surface area contributed by atoms with Gasteiger partial charge in [-0.2, -0.15) is 5.26 Å². The van der Waals surface area contributed by atoms with Crippen molar-refractivity contribution in [1.82, 2.24) is 4.90 Å². The summed E-state index contributed by atoms with van der Waals surface area (Å²) in [7, 11) is 2.07. The zero-order valence-electron chi connectivity index (χ0n) is 14.6. The minimum absolute atomic E-state index is 0.0382. The number of nitrogens with zero attached hydrogens (tertiary/aromatic N) is 2. The van der Waals surface area contributed by atoms with Crippen molar-refractivity contribution in [2.75, 3.05) is 26.8 Å². The summed E-state index contributed by atoms with van der Waals surface area (Å²) < 4.78 is 18.5. The molecule has 3 aliphatic heterocycles. The van der Waals surface area contributed by atoms with Crippen molar-refractivity contribution >= 4 is 0 Å². The summed E-state index contributed by atoms with van der Waals surface area (Å²) in [6.07, 6.45) is 4.70. The Morgan fingerprint density at radius 1 is 1.27 bits per heavy atom. The average Bonchev–Trinajstić information content (AvgIpc) is 3.24. The van der Waals surface area contributed by atoms with Crippen molar-refractivity contribution in [3.8, 4) is 11.8 Å². The second kappa shape index (κ2) is 4.49. The summed E-state index contributed by atoms with van der Waals surface area (Å²) in [6, 6.07) is 6.07. The van der Waals surface area contributed by atoms with E-state index >= 15 is 0 Å². The summed E-state index contributed by atoms with van der Waals surface area (Å²) in [6.45, 7) is 1.85. The summed E-state index contributed by atoms with van der Waals surface area (Å²) >= 11 is 0. The third-order valence-electron chi connectivity index (χ3n) is 7.19. The van der Waals surface area contributed by atoms with Gasteiger partial charge in [0, 0.05) is 11.6 Å². The lowest BCUT2D eigenvalue weighted by molar-refractivity contribution is -0.237. The van der Waals surface area contributed by atoms with Gasteiger partial charge in [0.2, 0.25) is 5.79 Å². The highest BCUT2D eigenvalue weighted by molar-refractivity contribution is 5.65. The van der Waals surface area contributed by atoms with E-state index in [1.165, 1.54) is 0 Å². The van der Waals surface area contributed by atoms with Gasteiger partial charge < -0.3 is 19.3 Å². The molecule has 2 saturated heterocycles. The molecule has 0 radical (unpaired) electrons. The van der Waals surface area contributed by atoms with Gasteiger partial charge >= 0.3 is 0 Å². The lowest BCUT2D eigenvalue weighted by Gasteiger charge is -2.62. The lowest BCUT2D eigenvalue weighted by atomic mass is 9.50. The monoisotopic (exact) mass is 352 g/mol. The van der Waals surface area contributed by atoms with Crippen LogP contribution in [-0.2, 0) is 21.3 Å². The van der Waals surface area contributed by atoms with Crippen LogP contribution < -0.4 is 4.74 Å². The number of fused-ring (bicyclic) bond motifs is 1. The van der Waals surface area contributed by atoms with Crippen LogP contribution in [0.1, 0.15) is 23.1 Å². The number of piperidine rings is 1. The Balaban J connectivity index is 1.71. The number of likely N-dealkylation sites (tertiary alicyclic amines) is 1. The molecule has 6 nitrogen and oxygen atoms in total. The first-order chi connectivity index (χ1) is 12.6. The zero-order valence-corrected chi connectivity index (χ0v) is 14.6. The number of aliphatic hydroxyl groups is 1. The summed E-state index contributed by atoms with van der Waals surface area (Å²) in [4.78, 5) is 2.24. The number of nitriles is 1. The Kier molecular flexibility index (Phi) is 2.62. The van der Waals surface area contributed by atoms with E-state index < -0.39 is 22.9 Å². The Hall–Kier alpha value is -1.91. The molecule has 6 rings (SSSR count). The van der Waals surface area contributed by atoms with Crippen molar-refractivity contribution in [3.63, 3.8) is 0 Å². The molecule has 5 aliphatic rings. The molecule has 1 aromatic rings. The largest absolute Gasteiger partial charge is 0.482 e. The molecule has 4 atom stereocenters. The topological polar surface area (TPSA) is 75.0 Å². The van der Waals surface area contributed by atoms with E-state index in [0.29, 0.717) is 24.5 Å². The molecule has 1 aromatic carbocycles. The predicted molar refractivity (Wildman–Crippen MR) is 90.7 cm³/mol. The van der Waals surface area contributed by atoms with Crippen LogP contribution in [0, 0.1) is 11.3 Å². The fourth-order valence-electron chi connectivity index (χ4n) is 6.08. The first-order valence-electron chi connectivity index (χ1n) is 9.20. The highest BCUT2D eigenvalue weighted by Gasteiger charge is 2.75. The highest BCUT2D eigenvalue weighted by Crippen LogP contribution is 2.65. The molecular weight excluding hydrogens is 332 g/mol. The third kappa shape index (κ3) is 1.39. The number of benzene rings is 1. The molecule has 134 valence electrons. The Morgan fingerprint density at radius 3 is 2.85 bits per heavy atom. The predicted octanol–water partition coefficient (Wildman–Crippen LogP) is 0.861. The van der Waals surface area contributed by atoms with Crippen LogP contribution in [0.25, 0.3) is 0 Å².